The molecule has 0 saturated heterocycles. The molecule has 0 spiro atoms. The Hall–Kier alpha value is -1.85. The first-order chi connectivity index (χ1) is 13.6. The van der Waals surface area contributed by atoms with Gasteiger partial charge in [0.1, 0.15) is 5.75 Å². The van der Waals surface area contributed by atoms with Crippen molar-refractivity contribution in [1.29, 1.82) is 0 Å². The van der Waals surface area contributed by atoms with E-state index in [-0.39, 0.29) is 12.3 Å². The molecule has 0 fully saturated rings. The Morgan fingerprint density at radius 2 is 1.89 bits per heavy atom. The molecule has 2 heterocycles. The van der Waals surface area contributed by atoms with E-state index in [1.165, 1.54) is 21.9 Å². The lowest BCUT2D eigenvalue weighted by atomic mass is 9.95. The first kappa shape index (κ1) is 18.2. The van der Waals surface area contributed by atoms with Gasteiger partial charge in [-0.05, 0) is 50.5 Å². The summed E-state index contributed by atoms with van der Waals surface area (Å²) < 4.78 is 8.43. The minimum Gasteiger partial charge on any atom is -0.468 e. The molecule has 5 rings (SSSR count). The maximum atomic E-state index is 6.38. The molecule has 2 aliphatic heterocycles. The van der Waals surface area contributed by atoms with Gasteiger partial charge in [0.2, 0.25) is 0 Å². The number of hydrogen-bond donors (Lipinski definition) is 0. The smallest absolute Gasteiger partial charge is 0.187 e. The van der Waals surface area contributed by atoms with Crippen molar-refractivity contribution in [3.63, 3.8) is 0 Å². The zero-order valence-corrected chi connectivity index (χ0v) is 18.7. The molecule has 3 aromatic carbocycles. The van der Waals surface area contributed by atoms with Crippen molar-refractivity contribution in [2.75, 3.05) is 0 Å². The van der Waals surface area contributed by atoms with Crippen LogP contribution in [0.5, 0.6) is 5.75 Å². The number of hydrogen-bond acceptors (Lipinski definition) is 3. The molecule has 0 amide bonds. The Labute approximate surface area is 181 Å². The van der Waals surface area contributed by atoms with Crippen molar-refractivity contribution in [3.05, 3.63) is 74.7 Å². The molecule has 0 radical (unpaired) electrons. The summed E-state index contributed by atoms with van der Waals surface area (Å²) in [5.41, 5.74) is 3.51. The second kappa shape index (κ2) is 7.20. The van der Waals surface area contributed by atoms with Crippen LogP contribution in [0.1, 0.15) is 43.4 Å². The van der Waals surface area contributed by atoms with Crippen LogP contribution < -0.4 is 4.74 Å². The minimum atomic E-state index is -0.0297. The molecular formula is C23H20Br2N2O. The van der Waals surface area contributed by atoms with Gasteiger partial charge in [0.25, 0.3) is 0 Å². The average molecular weight is 500 g/mol. The number of fused-ring (bicyclic) bond motifs is 4. The minimum absolute atomic E-state index is 0.0297. The van der Waals surface area contributed by atoms with Gasteiger partial charge in [-0.25, -0.2) is 0 Å². The van der Waals surface area contributed by atoms with Crippen molar-refractivity contribution in [2.45, 2.75) is 38.5 Å². The maximum absolute atomic E-state index is 6.38. The van der Waals surface area contributed by atoms with E-state index in [2.05, 4.69) is 98.4 Å². The molecule has 0 aliphatic carbocycles. The first-order valence-corrected chi connectivity index (χ1v) is 11.2. The van der Waals surface area contributed by atoms with E-state index in [1.807, 2.05) is 0 Å². The van der Waals surface area contributed by atoms with Gasteiger partial charge in [0.15, 0.2) is 6.23 Å². The largest absolute Gasteiger partial charge is 0.468 e. The Morgan fingerprint density at radius 3 is 2.71 bits per heavy atom. The van der Waals surface area contributed by atoms with Crippen molar-refractivity contribution in [3.8, 4) is 5.75 Å². The average Bonchev–Trinajstić information content (AvgIpc) is 3.15. The van der Waals surface area contributed by atoms with Crippen LogP contribution in [-0.4, -0.2) is 16.9 Å². The van der Waals surface area contributed by atoms with Crippen LogP contribution in [0.3, 0.4) is 0 Å². The van der Waals surface area contributed by atoms with Crippen LogP contribution in [0.4, 0.5) is 0 Å². The maximum Gasteiger partial charge on any atom is 0.187 e. The number of hydrazone groups is 1. The van der Waals surface area contributed by atoms with Gasteiger partial charge in [-0.15, -0.1) is 0 Å². The van der Waals surface area contributed by atoms with Crippen LogP contribution in [0.25, 0.3) is 10.8 Å². The van der Waals surface area contributed by atoms with E-state index in [4.69, 9.17) is 9.84 Å². The molecule has 3 aromatic rings. The number of nitrogens with zero attached hydrogens (tertiary/aromatic N) is 2. The Balaban J connectivity index is 1.57. The summed E-state index contributed by atoms with van der Waals surface area (Å²) in [6.45, 7) is 2.19. The van der Waals surface area contributed by atoms with Crippen LogP contribution in [-0.2, 0) is 0 Å². The molecule has 5 heteroatoms. The normalized spacial score (nSPS) is 20.5. The van der Waals surface area contributed by atoms with E-state index >= 15 is 0 Å². The van der Waals surface area contributed by atoms with Gasteiger partial charge in [-0.1, -0.05) is 65.7 Å². The van der Waals surface area contributed by atoms with Gasteiger partial charge < -0.3 is 4.74 Å². The van der Waals surface area contributed by atoms with E-state index in [9.17, 15) is 0 Å². The molecule has 0 bridgehead atoms. The summed E-state index contributed by atoms with van der Waals surface area (Å²) in [6, 6.07) is 19.5. The number of halogens is 2. The van der Waals surface area contributed by atoms with Crippen molar-refractivity contribution in [2.24, 2.45) is 5.10 Å². The lowest BCUT2D eigenvalue weighted by Gasteiger charge is -2.38. The molecule has 2 atom stereocenters. The van der Waals surface area contributed by atoms with Crippen molar-refractivity contribution >= 4 is 48.3 Å². The Morgan fingerprint density at radius 1 is 1.07 bits per heavy atom. The second-order valence-corrected chi connectivity index (χ2v) is 9.15. The third-order valence-electron chi connectivity index (χ3n) is 5.51. The SMILES string of the molecule is CCC[C@H]1Oc2c(Br)cc(Br)cc2[C@H]2CC(c3ccc4ccccc4c3)=NN21. The summed E-state index contributed by atoms with van der Waals surface area (Å²) in [5, 5.41) is 9.72. The van der Waals surface area contributed by atoms with Crippen molar-refractivity contribution < 1.29 is 4.74 Å². The summed E-state index contributed by atoms with van der Waals surface area (Å²) in [6.07, 6.45) is 2.86. The predicted molar refractivity (Wildman–Crippen MR) is 121 cm³/mol. The standard InChI is InChI=1S/C23H20Br2N2O/c1-2-5-22-27-21(18-11-17(24)12-19(25)23(18)28-22)13-20(26-27)16-9-8-14-6-3-4-7-15(14)10-16/h3-4,6-12,21-22H,2,5,13H2,1H3/t21-,22-/m1/s1. The van der Waals surface area contributed by atoms with E-state index < -0.39 is 0 Å². The van der Waals surface area contributed by atoms with Crippen LogP contribution in [0, 0.1) is 0 Å². The monoisotopic (exact) mass is 498 g/mol. The second-order valence-electron chi connectivity index (χ2n) is 7.38. The molecule has 3 nitrogen and oxygen atoms in total. The highest BCUT2D eigenvalue weighted by molar-refractivity contribution is 9.11. The van der Waals surface area contributed by atoms with E-state index in [0.29, 0.717) is 0 Å². The van der Waals surface area contributed by atoms with Crippen LogP contribution in [0.15, 0.2) is 68.6 Å². The molecule has 2 aliphatic rings. The third-order valence-corrected chi connectivity index (χ3v) is 6.55. The molecule has 142 valence electrons. The van der Waals surface area contributed by atoms with Gasteiger partial charge in [-0.2, -0.15) is 5.10 Å². The fourth-order valence-electron chi connectivity index (χ4n) is 4.17. The lowest BCUT2D eigenvalue weighted by molar-refractivity contribution is -0.0229. The Bertz CT molecular complexity index is 1100. The third kappa shape index (κ3) is 3.05. The molecule has 0 N–H and O–H groups in total. The number of rotatable bonds is 3. The lowest BCUT2D eigenvalue weighted by Crippen LogP contribution is -2.40. The fraction of sp³-hybridized carbons (Fsp3) is 0.261. The molecule has 0 aromatic heterocycles. The molecular weight excluding hydrogens is 480 g/mol. The highest BCUT2D eigenvalue weighted by Gasteiger charge is 2.40. The highest BCUT2D eigenvalue weighted by Crippen LogP contribution is 2.48. The Kier molecular flexibility index (Phi) is 4.68. The fourth-order valence-corrected chi connectivity index (χ4v) is 5.52. The van der Waals surface area contributed by atoms with Crippen molar-refractivity contribution in [1.82, 2.24) is 5.01 Å². The summed E-state index contributed by atoms with van der Waals surface area (Å²) in [5.74, 6) is 0.956. The summed E-state index contributed by atoms with van der Waals surface area (Å²) in [7, 11) is 0. The van der Waals surface area contributed by atoms with E-state index in [0.717, 1.165) is 39.7 Å². The van der Waals surface area contributed by atoms with Gasteiger partial charge in [0, 0.05) is 22.9 Å². The van der Waals surface area contributed by atoms with Crippen LogP contribution in [0.2, 0.25) is 0 Å². The predicted octanol–water partition coefficient (Wildman–Crippen LogP) is 7.03. The van der Waals surface area contributed by atoms with E-state index in [1.54, 1.807) is 0 Å². The first-order valence-electron chi connectivity index (χ1n) is 9.64. The molecule has 28 heavy (non-hydrogen) atoms. The quantitative estimate of drug-likeness (QED) is 0.386. The zero-order chi connectivity index (χ0) is 19.3. The summed E-state index contributed by atoms with van der Waals surface area (Å²) in [4.78, 5) is 0. The zero-order valence-electron chi connectivity index (χ0n) is 15.5. The summed E-state index contributed by atoms with van der Waals surface area (Å²) >= 11 is 7.31. The van der Waals surface area contributed by atoms with Gasteiger partial charge >= 0.3 is 0 Å². The topological polar surface area (TPSA) is 24.8 Å². The van der Waals surface area contributed by atoms with Crippen LogP contribution >= 0.6 is 31.9 Å². The van der Waals surface area contributed by atoms with Gasteiger partial charge in [-0.3, -0.25) is 5.01 Å². The molecule has 0 unspecified atom stereocenters. The van der Waals surface area contributed by atoms with Gasteiger partial charge in [0.05, 0.1) is 16.2 Å². The molecule has 0 saturated carbocycles. The number of benzene rings is 3. The highest BCUT2D eigenvalue weighted by atomic mass is 79.9. The number of ether oxygens (including phenoxy) is 1.